The van der Waals surface area contributed by atoms with E-state index in [-0.39, 0.29) is 19.1 Å². The Bertz CT molecular complexity index is 1580. The molecule has 0 heterocycles. The molecule has 80 heavy (non-hydrogen) atoms. The number of carbonyl (C=O) groups is 1. The lowest BCUT2D eigenvalue weighted by Crippen LogP contribution is -2.45. The minimum atomic E-state index is -4.61. The minimum absolute atomic E-state index is 0.00292. The standard InChI is InChI=1S/C71H131N2O6P/c1-6-8-10-12-14-16-18-20-22-24-26-28-30-32-33-34-35-36-37-38-39-41-43-45-47-49-51-53-55-57-59-61-63-65-71(75)72-69(68-79-80(76,77)78-67-66-73(3,4)5)70(74)64-62-60-58-56-54-52-50-48-46-44-42-40-31-29-27-25-23-21-19-17-15-13-11-9-7-2/h8,10,14,16,20,22,26,28,32-33,35-36,62,64,69-70,74H,6-7,9,11-13,15,17-19,21,23-25,27,29-31,34,37-61,63,65-68H2,1-5H3,(H-,72,75,76,77)/b10-8-,16-14-,22-20-,28-26-,33-32-,36-35-,64-62+. The molecule has 0 aromatic rings. The number of likely N-dealkylation sites (N-methyl/N-ethyl adjacent to an activating group) is 1. The number of rotatable bonds is 62. The molecule has 8 nitrogen and oxygen atoms in total. The molecule has 2 N–H and O–H groups in total. The van der Waals surface area contributed by atoms with Gasteiger partial charge in [0.2, 0.25) is 5.91 Å². The van der Waals surface area contributed by atoms with Crippen LogP contribution in [0.4, 0.5) is 0 Å². The first-order valence-corrected chi connectivity index (χ1v) is 35.4. The third kappa shape index (κ3) is 63.3. The predicted octanol–water partition coefficient (Wildman–Crippen LogP) is 20.9. The molecule has 0 aliphatic carbocycles. The van der Waals surface area contributed by atoms with Crippen molar-refractivity contribution in [3.63, 3.8) is 0 Å². The quantitative estimate of drug-likeness (QED) is 0.0272. The number of unbranched alkanes of at least 4 members (excludes halogenated alkanes) is 37. The molecule has 0 rings (SSSR count). The fourth-order valence-electron chi connectivity index (χ4n) is 9.87. The number of hydrogen-bond acceptors (Lipinski definition) is 6. The molecule has 0 bridgehead atoms. The van der Waals surface area contributed by atoms with Crippen molar-refractivity contribution in [2.45, 2.75) is 321 Å². The van der Waals surface area contributed by atoms with Gasteiger partial charge in [0.15, 0.2) is 0 Å². The van der Waals surface area contributed by atoms with Crippen molar-refractivity contribution < 1.29 is 32.9 Å². The summed E-state index contributed by atoms with van der Waals surface area (Å²) < 4.78 is 23.5. The summed E-state index contributed by atoms with van der Waals surface area (Å²) in [5.41, 5.74) is 0. The summed E-state index contributed by atoms with van der Waals surface area (Å²) in [4.78, 5) is 25.6. The van der Waals surface area contributed by atoms with Crippen LogP contribution in [0.25, 0.3) is 0 Å². The highest BCUT2D eigenvalue weighted by Gasteiger charge is 2.23. The van der Waals surface area contributed by atoms with Gasteiger partial charge in [0.05, 0.1) is 39.9 Å². The molecule has 0 aromatic heterocycles. The third-order valence-corrected chi connectivity index (χ3v) is 16.1. The number of nitrogens with one attached hydrogen (secondary N) is 1. The summed E-state index contributed by atoms with van der Waals surface area (Å²) in [6.07, 6.45) is 86.9. The van der Waals surface area contributed by atoms with Crippen LogP contribution in [0.1, 0.15) is 309 Å². The molecule has 0 saturated carbocycles. The first kappa shape index (κ1) is 77.7. The minimum Gasteiger partial charge on any atom is -0.756 e. The van der Waals surface area contributed by atoms with E-state index in [0.717, 1.165) is 77.0 Å². The maximum Gasteiger partial charge on any atom is 0.268 e. The SMILES string of the molecule is CC/C=C\C/C=C\C/C=C\C/C=C\C/C=C\C/C=C\CCCCCCCCCCCCCCCCC(=O)NC(COP(=O)([O-])OCC[N+](C)(C)C)C(O)/C=C/CCCCCCCCCCCCCCCCCCCCCCCCC. The van der Waals surface area contributed by atoms with E-state index in [9.17, 15) is 19.4 Å². The van der Waals surface area contributed by atoms with Crippen molar-refractivity contribution in [1.82, 2.24) is 5.32 Å². The molecule has 0 spiro atoms. The van der Waals surface area contributed by atoms with Gasteiger partial charge in [-0.05, 0) is 70.6 Å². The van der Waals surface area contributed by atoms with Crippen molar-refractivity contribution in [2.24, 2.45) is 0 Å². The average molecular weight is 1140 g/mol. The van der Waals surface area contributed by atoms with Crippen molar-refractivity contribution in [3.05, 3.63) is 85.1 Å². The van der Waals surface area contributed by atoms with Gasteiger partial charge in [-0.1, -0.05) is 317 Å². The Hall–Kier alpha value is -2.32. The first-order valence-electron chi connectivity index (χ1n) is 33.9. The van der Waals surface area contributed by atoms with E-state index in [1.807, 2.05) is 27.2 Å². The maximum atomic E-state index is 13.0. The maximum absolute atomic E-state index is 13.0. The molecule has 0 fully saturated rings. The van der Waals surface area contributed by atoms with Crippen LogP contribution in [0.2, 0.25) is 0 Å². The Morgan fingerprint density at radius 1 is 0.450 bits per heavy atom. The predicted molar refractivity (Wildman–Crippen MR) is 348 cm³/mol. The Morgan fingerprint density at radius 3 is 1.11 bits per heavy atom. The van der Waals surface area contributed by atoms with Crippen LogP contribution in [-0.2, 0) is 18.4 Å². The highest BCUT2D eigenvalue weighted by Crippen LogP contribution is 2.38. The average Bonchev–Trinajstić information content (AvgIpc) is 3.42. The molecule has 3 unspecified atom stereocenters. The van der Waals surface area contributed by atoms with Gasteiger partial charge in [0, 0.05) is 6.42 Å². The van der Waals surface area contributed by atoms with Gasteiger partial charge in [-0.2, -0.15) is 0 Å². The van der Waals surface area contributed by atoms with Gasteiger partial charge in [-0.15, -0.1) is 0 Å². The molecule has 0 saturated heterocycles. The van der Waals surface area contributed by atoms with Gasteiger partial charge in [-0.3, -0.25) is 9.36 Å². The molecule has 0 aliphatic heterocycles. The number of carbonyl (C=O) groups excluding carboxylic acids is 1. The number of amides is 1. The molecular weight excluding hydrogens is 1010 g/mol. The second-order valence-corrected chi connectivity index (χ2v) is 25.6. The van der Waals surface area contributed by atoms with E-state index < -0.39 is 20.0 Å². The summed E-state index contributed by atoms with van der Waals surface area (Å²) >= 11 is 0. The molecular formula is C71H131N2O6P. The number of phosphoric ester groups is 1. The Kier molecular flexibility index (Phi) is 59.5. The molecule has 0 aromatic carbocycles. The van der Waals surface area contributed by atoms with Crippen molar-refractivity contribution in [3.8, 4) is 0 Å². The van der Waals surface area contributed by atoms with Crippen molar-refractivity contribution in [2.75, 3.05) is 40.9 Å². The summed E-state index contributed by atoms with van der Waals surface area (Å²) in [5.74, 6) is -0.197. The first-order chi connectivity index (χ1) is 39.0. The van der Waals surface area contributed by atoms with Gasteiger partial charge in [0.1, 0.15) is 13.2 Å². The van der Waals surface area contributed by atoms with E-state index in [4.69, 9.17) is 9.05 Å². The number of quaternary nitrogens is 1. The molecule has 1 amide bonds. The molecule has 9 heteroatoms. The number of phosphoric acid groups is 1. The summed E-state index contributed by atoms with van der Waals surface area (Å²) in [6.45, 7) is 4.57. The van der Waals surface area contributed by atoms with Crippen LogP contribution in [0.15, 0.2) is 85.1 Å². The van der Waals surface area contributed by atoms with Crippen molar-refractivity contribution >= 4 is 13.7 Å². The normalized spacial score (nSPS) is 14.2. The van der Waals surface area contributed by atoms with Gasteiger partial charge in [-0.25, -0.2) is 0 Å². The number of hydrogen-bond donors (Lipinski definition) is 2. The van der Waals surface area contributed by atoms with E-state index in [0.29, 0.717) is 17.4 Å². The highest BCUT2D eigenvalue weighted by molar-refractivity contribution is 7.45. The monoisotopic (exact) mass is 1140 g/mol. The lowest BCUT2D eigenvalue weighted by Gasteiger charge is -2.29. The zero-order valence-electron chi connectivity index (χ0n) is 53.3. The zero-order chi connectivity index (χ0) is 58.4. The Morgan fingerprint density at radius 2 is 0.762 bits per heavy atom. The molecule has 0 radical (unpaired) electrons. The second kappa shape index (κ2) is 61.2. The molecule has 466 valence electrons. The van der Waals surface area contributed by atoms with Crippen LogP contribution in [0.3, 0.4) is 0 Å². The summed E-state index contributed by atoms with van der Waals surface area (Å²) in [6, 6.07) is -0.892. The van der Waals surface area contributed by atoms with Crippen LogP contribution >= 0.6 is 7.82 Å². The smallest absolute Gasteiger partial charge is 0.268 e. The van der Waals surface area contributed by atoms with Crippen LogP contribution in [0.5, 0.6) is 0 Å². The largest absolute Gasteiger partial charge is 0.756 e. The topological polar surface area (TPSA) is 108 Å². The van der Waals surface area contributed by atoms with Gasteiger partial charge < -0.3 is 28.8 Å². The zero-order valence-corrected chi connectivity index (χ0v) is 54.2. The Balaban J connectivity index is 4.10. The number of nitrogens with zero attached hydrogens (tertiary/aromatic N) is 1. The number of aliphatic hydroxyl groups excluding tert-OH is 1. The molecule has 0 aliphatic rings. The van der Waals surface area contributed by atoms with Crippen LogP contribution in [-0.4, -0.2) is 68.5 Å². The fourth-order valence-corrected chi connectivity index (χ4v) is 10.6. The third-order valence-electron chi connectivity index (χ3n) is 15.1. The van der Waals surface area contributed by atoms with Crippen molar-refractivity contribution in [1.29, 1.82) is 0 Å². The van der Waals surface area contributed by atoms with Gasteiger partial charge >= 0.3 is 0 Å². The number of allylic oxidation sites excluding steroid dienone is 13. The highest BCUT2D eigenvalue weighted by atomic mass is 31.2. The molecule has 3 atom stereocenters. The van der Waals surface area contributed by atoms with Crippen LogP contribution < -0.4 is 10.2 Å². The Labute approximate surface area is 497 Å². The second-order valence-electron chi connectivity index (χ2n) is 24.2. The van der Waals surface area contributed by atoms with Gasteiger partial charge in [0.25, 0.3) is 7.82 Å². The lowest BCUT2D eigenvalue weighted by atomic mass is 10.0. The lowest BCUT2D eigenvalue weighted by molar-refractivity contribution is -0.870. The number of aliphatic hydroxyl groups is 1. The summed E-state index contributed by atoms with van der Waals surface area (Å²) in [5, 5.41) is 14.0. The van der Waals surface area contributed by atoms with Crippen LogP contribution in [0, 0.1) is 0 Å². The summed E-state index contributed by atoms with van der Waals surface area (Å²) in [7, 11) is 1.26. The van der Waals surface area contributed by atoms with E-state index in [1.165, 1.54) is 212 Å². The fraction of sp³-hybridized carbons (Fsp3) is 0.789. The van der Waals surface area contributed by atoms with E-state index >= 15 is 0 Å². The van der Waals surface area contributed by atoms with E-state index in [1.54, 1.807) is 6.08 Å². The van der Waals surface area contributed by atoms with E-state index in [2.05, 4.69) is 92.1 Å².